The molecule has 2 rings (SSSR count). The first-order valence-corrected chi connectivity index (χ1v) is 10.5. The minimum absolute atomic E-state index is 0. The summed E-state index contributed by atoms with van der Waals surface area (Å²) >= 11 is 0. The van der Waals surface area contributed by atoms with Crippen molar-refractivity contribution >= 4 is 12.4 Å². The molecule has 0 aliphatic heterocycles. The summed E-state index contributed by atoms with van der Waals surface area (Å²) in [5, 5.41) is 3.54. The Hall–Kier alpha value is -1.71. The smallest absolute Gasteiger partial charge is 0.161 e. The van der Waals surface area contributed by atoms with E-state index in [4.69, 9.17) is 9.47 Å². The molecule has 1 N–H and O–H groups in total. The number of halogens is 1. The van der Waals surface area contributed by atoms with Gasteiger partial charge in [-0.05, 0) is 43.1 Å². The first-order chi connectivity index (χ1) is 13.3. The van der Waals surface area contributed by atoms with Gasteiger partial charge in [-0.2, -0.15) is 0 Å². The van der Waals surface area contributed by atoms with Crippen molar-refractivity contribution < 1.29 is 9.47 Å². The van der Waals surface area contributed by atoms with Crippen LogP contribution in [0.25, 0.3) is 0 Å². The van der Waals surface area contributed by atoms with Gasteiger partial charge in [0.15, 0.2) is 11.5 Å². The Bertz CT molecular complexity index is 634. The van der Waals surface area contributed by atoms with Crippen molar-refractivity contribution in [3.05, 3.63) is 59.7 Å². The standard InChI is InChI=1S/C24H35NO2.ClH/c1-3-5-6-7-8-12-17-25-19-22-15-16-23(24(18-22)26-4-2)27-20-21-13-10-9-11-14-21;/h9-11,13-16,18,25H,3-8,12,17,19-20H2,1-2H3;1H. The minimum Gasteiger partial charge on any atom is -0.490 e. The number of hydrogen-bond donors (Lipinski definition) is 1. The van der Waals surface area contributed by atoms with Crippen LogP contribution in [0.4, 0.5) is 0 Å². The number of rotatable bonds is 14. The Kier molecular flexibility index (Phi) is 13.2. The fourth-order valence-electron chi connectivity index (χ4n) is 3.05. The molecule has 0 spiro atoms. The topological polar surface area (TPSA) is 30.5 Å². The van der Waals surface area contributed by atoms with Gasteiger partial charge >= 0.3 is 0 Å². The van der Waals surface area contributed by atoms with E-state index in [9.17, 15) is 0 Å². The maximum Gasteiger partial charge on any atom is 0.161 e. The molecule has 28 heavy (non-hydrogen) atoms. The molecule has 0 unspecified atom stereocenters. The molecular formula is C24H36ClNO2. The van der Waals surface area contributed by atoms with Crippen LogP contribution < -0.4 is 14.8 Å². The lowest BCUT2D eigenvalue weighted by molar-refractivity contribution is 0.269. The molecule has 0 fully saturated rings. The predicted molar refractivity (Wildman–Crippen MR) is 121 cm³/mol. The van der Waals surface area contributed by atoms with Gasteiger partial charge in [0.1, 0.15) is 6.61 Å². The fraction of sp³-hybridized carbons (Fsp3) is 0.500. The van der Waals surface area contributed by atoms with Crippen molar-refractivity contribution in [3.8, 4) is 11.5 Å². The number of ether oxygens (including phenoxy) is 2. The molecule has 0 aromatic heterocycles. The molecule has 4 heteroatoms. The third-order valence-corrected chi connectivity index (χ3v) is 4.58. The highest BCUT2D eigenvalue weighted by Gasteiger charge is 2.07. The summed E-state index contributed by atoms with van der Waals surface area (Å²) in [6.45, 7) is 7.39. The number of unbranched alkanes of at least 4 members (excludes halogenated alkanes) is 5. The van der Waals surface area contributed by atoms with Gasteiger partial charge < -0.3 is 14.8 Å². The molecule has 0 heterocycles. The van der Waals surface area contributed by atoms with E-state index in [0.29, 0.717) is 13.2 Å². The van der Waals surface area contributed by atoms with Crippen LogP contribution in [-0.2, 0) is 13.2 Å². The molecule has 0 aliphatic rings. The van der Waals surface area contributed by atoms with E-state index in [-0.39, 0.29) is 12.4 Å². The molecule has 2 aromatic rings. The molecular weight excluding hydrogens is 370 g/mol. The van der Waals surface area contributed by atoms with Gasteiger partial charge in [0.05, 0.1) is 6.61 Å². The minimum atomic E-state index is 0. The Morgan fingerprint density at radius 3 is 2.25 bits per heavy atom. The van der Waals surface area contributed by atoms with Crippen molar-refractivity contribution in [2.24, 2.45) is 0 Å². The number of nitrogens with one attached hydrogen (secondary N) is 1. The molecule has 0 bridgehead atoms. The van der Waals surface area contributed by atoms with Gasteiger partial charge in [-0.25, -0.2) is 0 Å². The number of hydrogen-bond acceptors (Lipinski definition) is 3. The first-order valence-electron chi connectivity index (χ1n) is 10.5. The van der Waals surface area contributed by atoms with Gasteiger partial charge in [0.25, 0.3) is 0 Å². The third kappa shape index (κ3) is 9.48. The van der Waals surface area contributed by atoms with Crippen LogP contribution in [0.5, 0.6) is 11.5 Å². The van der Waals surface area contributed by atoms with E-state index in [1.54, 1.807) is 0 Å². The largest absolute Gasteiger partial charge is 0.490 e. The van der Waals surface area contributed by atoms with Crippen molar-refractivity contribution in [1.29, 1.82) is 0 Å². The van der Waals surface area contributed by atoms with Crippen LogP contribution in [-0.4, -0.2) is 13.2 Å². The zero-order valence-corrected chi connectivity index (χ0v) is 18.2. The van der Waals surface area contributed by atoms with E-state index < -0.39 is 0 Å². The molecule has 2 aromatic carbocycles. The van der Waals surface area contributed by atoms with Crippen molar-refractivity contribution in [2.75, 3.05) is 13.2 Å². The van der Waals surface area contributed by atoms with Crippen LogP contribution in [0, 0.1) is 0 Å². The van der Waals surface area contributed by atoms with Crippen LogP contribution in [0.3, 0.4) is 0 Å². The Morgan fingerprint density at radius 2 is 1.50 bits per heavy atom. The first kappa shape index (κ1) is 24.3. The Labute approximate surface area is 177 Å². The third-order valence-electron chi connectivity index (χ3n) is 4.58. The highest BCUT2D eigenvalue weighted by atomic mass is 35.5. The summed E-state index contributed by atoms with van der Waals surface area (Å²) < 4.78 is 11.8. The molecule has 3 nitrogen and oxygen atoms in total. The Morgan fingerprint density at radius 1 is 0.750 bits per heavy atom. The van der Waals surface area contributed by atoms with Crippen LogP contribution in [0.1, 0.15) is 63.5 Å². The summed E-state index contributed by atoms with van der Waals surface area (Å²) in [5.41, 5.74) is 2.39. The van der Waals surface area contributed by atoms with E-state index in [1.807, 2.05) is 31.2 Å². The lowest BCUT2D eigenvalue weighted by atomic mass is 10.1. The van der Waals surface area contributed by atoms with Gasteiger partial charge in [0.2, 0.25) is 0 Å². The highest BCUT2D eigenvalue weighted by molar-refractivity contribution is 5.85. The summed E-state index contributed by atoms with van der Waals surface area (Å²) in [6.07, 6.45) is 7.98. The average molecular weight is 406 g/mol. The maximum atomic E-state index is 5.98. The fourth-order valence-corrected chi connectivity index (χ4v) is 3.05. The maximum absolute atomic E-state index is 5.98. The quantitative estimate of drug-likeness (QED) is 0.362. The highest BCUT2D eigenvalue weighted by Crippen LogP contribution is 2.29. The zero-order chi connectivity index (χ0) is 19.2. The lowest BCUT2D eigenvalue weighted by Gasteiger charge is -2.14. The summed E-state index contributed by atoms with van der Waals surface area (Å²) in [7, 11) is 0. The van der Waals surface area contributed by atoms with Crippen molar-refractivity contribution in [2.45, 2.75) is 65.5 Å². The molecule has 0 amide bonds. The van der Waals surface area contributed by atoms with Crippen molar-refractivity contribution in [3.63, 3.8) is 0 Å². The zero-order valence-electron chi connectivity index (χ0n) is 17.4. The van der Waals surface area contributed by atoms with Gasteiger partial charge in [-0.3, -0.25) is 0 Å². The van der Waals surface area contributed by atoms with Gasteiger partial charge in [0, 0.05) is 6.54 Å². The van der Waals surface area contributed by atoms with Crippen LogP contribution >= 0.6 is 12.4 Å². The molecule has 0 aliphatic carbocycles. The lowest BCUT2D eigenvalue weighted by Crippen LogP contribution is -2.14. The second kappa shape index (κ2) is 15.2. The SMILES string of the molecule is CCCCCCCCNCc1ccc(OCc2ccccc2)c(OCC)c1.Cl. The summed E-state index contributed by atoms with van der Waals surface area (Å²) in [5.74, 6) is 1.63. The molecule has 0 saturated heterocycles. The van der Waals surface area contributed by atoms with Crippen molar-refractivity contribution in [1.82, 2.24) is 5.32 Å². The predicted octanol–water partition coefficient (Wildman–Crippen LogP) is 6.54. The van der Waals surface area contributed by atoms with Crippen LogP contribution in [0.2, 0.25) is 0 Å². The Balaban J connectivity index is 0.00000392. The summed E-state index contributed by atoms with van der Waals surface area (Å²) in [4.78, 5) is 0. The molecule has 0 atom stereocenters. The van der Waals surface area contributed by atoms with Gasteiger partial charge in [-0.15, -0.1) is 12.4 Å². The van der Waals surface area contributed by atoms with E-state index in [1.165, 1.54) is 44.1 Å². The average Bonchev–Trinajstić information content (AvgIpc) is 2.70. The molecule has 156 valence electrons. The normalized spacial score (nSPS) is 10.4. The van der Waals surface area contributed by atoms with E-state index in [2.05, 4.69) is 36.5 Å². The second-order valence-electron chi connectivity index (χ2n) is 6.93. The van der Waals surface area contributed by atoms with Gasteiger partial charge in [-0.1, -0.05) is 75.4 Å². The summed E-state index contributed by atoms with van der Waals surface area (Å²) in [6, 6.07) is 16.5. The number of benzene rings is 2. The molecule has 0 saturated carbocycles. The second-order valence-corrected chi connectivity index (χ2v) is 6.93. The molecule has 0 radical (unpaired) electrons. The van der Waals surface area contributed by atoms with E-state index >= 15 is 0 Å². The van der Waals surface area contributed by atoms with Crippen LogP contribution in [0.15, 0.2) is 48.5 Å². The monoisotopic (exact) mass is 405 g/mol. The van der Waals surface area contributed by atoms with E-state index in [0.717, 1.165) is 30.2 Å².